The van der Waals surface area contributed by atoms with Gasteiger partial charge in [-0.05, 0) is 93.6 Å². The zero-order valence-corrected chi connectivity index (χ0v) is 23.4. The number of nitrogens with zero attached hydrogens (tertiary/aromatic N) is 5. The van der Waals surface area contributed by atoms with Crippen molar-refractivity contribution in [3.63, 3.8) is 0 Å². The standard InChI is InChI=1S/C31H31N5O4/c1-17-10-12-24(14-19(17)3)34-30(37)27(21(5)32-34)29(23-8-7-9-26(16-23)36(39)40)28-22(6)33-35(31(28)38)25-13-11-18(2)20(4)15-25/h7-16,27-29H,1-6H3/t27-,28-/m0/s1. The third-order valence-electron chi connectivity index (χ3n) is 8.02. The van der Waals surface area contributed by atoms with Crippen LogP contribution in [-0.2, 0) is 9.59 Å². The molecular weight excluding hydrogens is 506 g/mol. The summed E-state index contributed by atoms with van der Waals surface area (Å²) in [5, 5.41) is 23.7. The molecule has 0 radical (unpaired) electrons. The van der Waals surface area contributed by atoms with Gasteiger partial charge in [-0.2, -0.15) is 10.2 Å². The van der Waals surface area contributed by atoms with Crippen LogP contribution in [0.4, 0.5) is 17.1 Å². The van der Waals surface area contributed by atoms with Crippen molar-refractivity contribution in [2.75, 3.05) is 10.0 Å². The monoisotopic (exact) mass is 537 g/mol. The van der Waals surface area contributed by atoms with Crippen LogP contribution in [0.25, 0.3) is 0 Å². The molecule has 0 aromatic heterocycles. The fraction of sp³-hybridized carbons (Fsp3) is 0.290. The highest BCUT2D eigenvalue weighted by Crippen LogP contribution is 2.43. The van der Waals surface area contributed by atoms with Gasteiger partial charge in [0.05, 0.1) is 28.1 Å². The number of rotatable bonds is 6. The zero-order valence-electron chi connectivity index (χ0n) is 23.4. The van der Waals surface area contributed by atoms with Gasteiger partial charge in [-0.25, -0.2) is 10.0 Å². The first kappa shape index (κ1) is 26.9. The van der Waals surface area contributed by atoms with Gasteiger partial charge in [-0.1, -0.05) is 24.3 Å². The maximum absolute atomic E-state index is 14.1. The lowest BCUT2D eigenvalue weighted by Crippen LogP contribution is -2.40. The van der Waals surface area contributed by atoms with Crippen molar-refractivity contribution >= 4 is 40.3 Å². The van der Waals surface area contributed by atoms with Crippen LogP contribution in [0.1, 0.15) is 47.6 Å². The first-order valence-electron chi connectivity index (χ1n) is 13.1. The van der Waals surface area contributed by atoms with Gasteiger partial charge in [0.1, 0.15) is 0 Å². The molecule has 2 atom stereocenters. The molecule has 0 aliphatic carbocycles. The van der Waals surface area contributed by atoms with E-state index in [-0.39, 0.29) is 17.5 Å². The first-order chi connectivity index (χ1) is 19.0. The molecule has 2 aliphatic heterocycles. The van der Waals surface area contributed by atoms with Gasteiger partial charge in [-0.15, -0.1) is 0 Å². The molecule has 5 rings (SSSR count). The van der Waals surface area contributed by atoms with Gasteiger partial charge in [0.25, 0.3) is 17.5 Å². The topological polar surface area (TPSA) is 108 Å². The Labute approximate surface area is 233 Å². The number of amides is 2. The molecule has 9 nitrogen and oxygen atoms in total. The molecule has 2 aliphatic rings. The molecule has 0 saturated heterocycles. The number of hydrogen-bond donors (Lipinski definition) is 0. The highest BCUT2D eigenvalue weighted by molar-refractivity contribution is 6.19. The van der Waals surface area contributed by atoms with Crippen LogP contribution in [0.3, 0.4) is 0 Å². The van der Waals surface area contributed by atoms with Crippen molar-refractivity contribution in [3.05, 3.63) is 98.6 Å². The number of non-ortho nitro benzene ring substituents is 1. The van der Waals surface area contributed by atoms with Gasteiger partial charge in [0.15, 0.2) is 0 Å². The normalized spacial score (nSPS) is 19.0. The van der Waals surface area contributed by atoms with Gasteiger partial charge >= 0.3 is 0 Å². The van der Waals surface area contributed by atoms with Crippen molar-refractivity contribution in [3.8, 4) is 0 Å². The highest BCUT2D eigenvalue weighted by Gasteiger charge is 2.50. The van der Waals surface area contributed by atoms with Crippen molar-refractivity contribution in [1.29, 1.82) is 0 Å². The van der Waals surface area contributed by atoms with Gasteiger partial charge in [0.2, 0.25) is 0 Å². The first-order valence-corrected chi connectivity index (χ1v) is 13.1. The summed E-state index contributed by atoms with van der Waals surface area (Å²) in [6.07, 6.45) is 0. The van der Waals surface area contributed by atoms with Crippen LogP contribution in [0, 0.1) is 49.6 Å². The molecule has 3 aromatic rings. The average molecular weight is 538 g/mol. The average Bonchev–Trinajstić information content (AvgIpc) is 3.38. The Morgan fingerprint density at radius 1 is 0.700 bits per heavy atom. The van der Waals surface area contributed by atoms with E-state index in [1.54, 1.807) is 26.0 Å². The lowest BCUT2D eigenvalue weighted by Gasteiger charge is -2.28. The fourth-order valence-corrected chi connectivity index (χ4v) is 5.49. The minimum absolute atomic E-state index is 0.111. The lowest BCUT2D eigenvalue weighted by atomic mass is 9.73. The van der Waals surface area contributed by atoms with Crippen LogP contribution in [0.5, 0.6) is 0 Å². The second-order valence-electron chi connectivity index (χ2n) is 10.7. The summed E-state index contributed by atoms with van der Waals surface area (Å²) < 4.78 is 0. The molecule has 204 valence electrons. The largest absolute Gasteiger partial charge is 0.272 e. The molecule has 40 heavy (non-hydrogen) atoms. The summed E-state index contributed by atoms with van der Waals surface area (Å²) in [4.78, 5) is 39.3. The minimum Gasteiger partial charge on any atom is -0.272 e. The van der Waals surface area contributed by atoms with E-state index >= 15 is 0 Å². The molecule has 3 aromatic carbocycles. The number of aryl methyl sites for hydroxylation is 4. The summed E-state index contributed by atoms with van der Waals surface area (Å²) in [5.74, 6) is -2.96. The summed E-state index contributed by atoms with van der Waals surface area (Å²) in [6.45, 7) is 11.5. The number of nitro groups is 1. The van der Waals surface area contributed by atoms with E-state index in [9.17, 15) is 19.7 Å². The number of anilines is 2. The fourth-order valence-electron chi connectivity index (χ4n) is 5.49. The van der Waals surface area contributed by atoms with Crippen LogP contribution < -0.4 is 10.0 Å². The quantitative estimate of drug-likeness (QED) is 0.284. The zero-order chi connectivity index (χ0) is 28.9. The van der Waals surface area contributed by atoms with Gasteiger partial charge < -0.3 is 0 Å². The van der Waals surface area contributed by atoms with E-state index in [1.807, 2.05) is 64.1 Å². The Morgan fingerprint density at radius 3 is 1.60 bits per heavy atom. The molecule has 0 fully saturated rings. The number of nitro benzene ring substituents is 1. The molecule has 0 unspecified atom stereocenters. The Morgan fingerprint density at radius 2 is 1.18 bits per heavy atom. The van der Waals surface area contributed by atoms with E-state index < -0.39 is 22.7 Å². The van der Waals surface area contributed by atoms with E-state index in [2.05, 4.69) is 10.2 Å². The predicted octanol–water partition coefficient (Wildman–Crippen LogP) is 5.99. The SMILES string of the molecule is CC1=NN(c2ccc(C)c(C)c2)C(=O)[C@@H]1C(c1cccc([N+](=O)[O-])c1)[C@H]1C(=O)N(c2ccc(C)c(C)c2)N=C1C. The summed E-state index contributed by atoms with van der Waals surface area (Å²) in [6, 6.07) is 17.5. The Kier molecular flexibility index (Phi) is 6.83. The highest BCUT2D eigenvalue weighted by atomic mass is 16.6. The Balaban J connectivity index is 1.60. The summed E-state index contributed by atoms with van der Waals surface area (Å²) in [5.41, 5.74) is 6.97. The van der Waals surface area contributed by atoms with Crippen LogP contribution in [-0.4, -0.2) is 28.2 Å². The van der Waals surface area contributed by atoms with E-state index in [1.165, 1.54) is 22.2 Å². The molecular formula is C31H31N5O4. The summed E-state index contributed by atoms with van der Waals surface area (Å²) >= 11 is 0. The van der Waals surface area contributed by atoms with Crippen molar-refractivity contribution in [2.45, 2.75) is 47.5 Å². The van der Waals surface area contributed by atoms with Crippen LogP contribution in [0.2, 0.25) is 0 Å². The van der Waals surface area contributed by atoms with Crippen molar-refractivity contribution in [1.82, 2.24) is 0 Å². The maximum atomic E-state index is 14.1. The predicted molar refractivity (Wildman–Crippen MR) is 156 cm³/mol. The van der Waals surface area contributed by atoms with E-state index in [4.69, 9.17) is 0 Å². The molecule has 0 spiro atoms. The minimum atomic E-state index is -0.817. The van der Waals surface area contributed by atoms with E-state index in [0.29, 0.717) is 28.4 Å². The van der Waals surface area contributed by atoms with E-state index in [0.717, 1.165) is 22.3 Å². The van der Waals surface area contributed by atoms with Crippen molar-refractivity contribution < 1.29 is 14.5 Å². The molecule has 0 bridgehead atoms. The number of carbonyl (C=O) groups excluding carboxylic acids is 2. The Hall–Kier alpha value is -4.66. The molecule has 9 heteroatoms. The van der Waals surface area contributed by atoms with Crippen LogP contribution >= 0.6 is 0 Å². The third kappa shape index (κ3) is 4.57. The third-order valence-corrected chi connectivity index (χ3v) is 8.02. The number of benzene rings is 3. The molecule has 2 heterocycles. The smallest absolute Gasteiger partial charge is 0.269 e. The van der Waals surface area contributed by atoms with Gasteiger partial charge in [0, 0.05) is 29.5 Å². The van der Waals surface area contributed by atoms with Crippen molar-refractivity contribution in [2.24, 2.45) is 22.0 Å². The second kappa shape index (κ2) is 10.1. The number of hydrogen-bond acceptors (Lipinski definition) is 6. The number of hydrazone groups is 2. The number of carbonyl (C=O) groups is 2. The Bertz CT molecular complexity index is 1530. The maximum Gasteiger partial charge on any atom is 0.269 e. The second-order valence-corrected chi connectivity index (χ2v) is 10.7. The molecule has 0 N–H and O–H groups in total. The van der Waals surface area contributed by atoms with Gasteiger partial charge in [-0.3, -0.25) is 19.7 Å². The van der Waals surface area contributed by atoms with Crippen LogP contribution in [0.15, 0.2) is 70.9 Å². The molecule has 2 amide bonds. The lowest BCUT2D eigenvalue weighted by molar-refractivity contribution is -0.384. The molecule has 0 saturated carbocycles. The summed E-state index contributed by atoms with van der Waals surface area (Å²) in [7, 11) is 0.